The summed E-state index contributed by atoms with van der Waals surface area (Å²) in [7, 11) is 1.43. The van der Waals surface area contributed by atoms with Crippen LogP contribution >= 0.6 is 0 Å². The van der Waals surface area contributed by atoms with Gasteiger partial charge in [-0.2, -0.15) is 0 Å². The van der Waals surface area contributed by atoms with Crippen LogP contribution in [0.25, 0.3) is 0 Å². The third kappa shape index (κ3) is 3.84. The fourth-order valence-corrected chi connectivity index (χ4v) is 1.94. The molecule has 0 saturated heterocycles. The number of carbonyl (C=O) groups is 1. The number of aryl methyl sites for hydroxylation is 2. The minimum absolute atomic E-state index is 0.234. The van der Waals surface area contributed by atoms with E-state index in [0.29, 0.717) is 5.92 Å². The number of methoxy groups -OCH3 is 1. The van der Waals surface area contributed by atoms with E-state index in [2.05, 4.69) is 25.2 Å². The fraction of sp³-hybridized carbons (Fsp3) is 0.533. The number of hydrogen-bond acceptors (Lipinski definition) is 3. The van der Waals surface area contributed by atoms with Gasteiger partial charge in [0.15, 0.2) is 0 Å². The molecule has 0 radical (unpaired) electrons. The Bertz CT molecular complexity index is 413. The highest BCUT2D eigenvalue weighted by Crippen LogP contribution is 2.20. The minimum atomic E-state index is -0.377. The average Bonchev–Trinajstić information content (AvgIpc) is 2.30. The van der Waals surface area contributed by atoms with Crippen molar-refractivity contribution in [1.82, 2.24) is 5.32 Å². The number of carbonyl (C=O) groups excluding carboxylic acids is 1. The first-order valence-electron chi connectivity index (χ1n) is 6.34. The van der Waals surface area contributed by atoms with E-state index >= 15 is 0 Å². The molecule has 0 fully saturated rings. The predicted octanol–water partition coefficient (Wildman–Crippen LogP) is 2.76. The third-order valence-electron chi connectivity index (χ3n) is 2.90. The molecule has 0 aliphatic carbocycles. The first-order chi connectivity index (χ1) is 8.45. The van der Waals surface area contributed by atoms with E-state index in [-0.39, 0.29) is 12.0 Å². The number of hydrogen-bond donors (Lipinski definition) is 1. The topological polar surface area (TPSA) is 38.3 Å². The number of ether oxygens (including phenoxy) is 1. The summed E-state index contributed by atoms with van der Waals surface area (Å²) < 4.78 is 4.88. The lowest BCUT2D eigenvalue weighted by molar-refractivity contribution is -0.143. The van der Waals surface area contributed by atoms with Crippen molar-refractivity contribution in [3.8, 4) is 0 Å². The van der Waals surface area contributed by atoms with Gasteiger partial charge in [0.25, 0.3) is 0 Å². The van der Waals surface area contributed by atoms with Crippen molar-refractivity contribution < 1.29 is 9.53 Å². The summed E-state index contributed by atoms with van der Waals surface area (Å²) in [6.45, 7) is 9.08. The Morgan fingerprint density at radius 2 is 2.00 bits per heavy atom. The molecule has 0 aliphatic heterocycles. The van der Waals surface area contributed by atoms with E-state index in [0.717, 1.165) is 17.7 Å². The van der Waals surface area contributed by atoms with Gasteiger partial charge < -0.3 is 10.1 Å². The van der Waals surface area contributed by atoms with Crippen LogP contribution in [-0.2, 0) is 9.53 Å². The molecule has 0 amide bonds. The van der Waals surface area contributed by atoms with Crippen molar-refractivity contribution in [2.24, 2.45) is 5.92 Å². The highest BCUT2D eigenvalue weighted by Gasteiger charge is 2.22. The van der Waals surface area contributed by atoms with Crippen LogP contribution in [0.4, 0.5) is 0 Å². The van der Waals surface area contributed by atoms with Crippen LogP contribution in [0.2, 0.25) is 0 Å². The Hall–Kier alpha value is -1.35. The van der Waals surface area contributed by atoms with Crippen molar-refractivity contribution in [3.63, 3.8) is 0 Å². The molecule has 1 aromatic rings. The molecule has 1 unspecified atom stereocenters. The second-order valence-corrected chi connectivity index (χ2v) is 5.12. The molecule has 0 bridgehead atoms. The maximum absolute atomic E-state index is 11.9. The molecule has 1 N–H and O–H groups in total. The first-order valence-corrected chi connectivity index (χ1v) is 6.34. The van der Waals surface area contributed by atoms with Crippen molar-refractivity contribution in [3.05, 3.63) is 34.9 Å². The summed E-state index contributed by atoms with van der Waals surface area (Å²) in [6, 6.07) is 5.73. The normalized spacial score (nSPS) is 12.6. The van der Waals surface area contributed by atoms with Crippen LogP contribution in [0.5, 0.6) is 0 Å². The van der Waals surface area contributed by atoms with Gasteiger partial charge in [0.1, 0.15) is 6.04 Å². The summed E-state index contributed by atoms with van der Waals surface area (Å²) in [4.78, 5) is 11.9. The summed E-state index contributed by atoms with van der Waals surface area (Å²) in [5.41, 5.74) is 3.30. The average molecular weight is 249 g/mol. The van der Waals surface area contributed by atoms with Crippen molar-refractivity contribution in [1.29, 1.82) is 0 Å². The molecular weight excluding hydrogens is 226 g/mol. The van der Waals surface area contributed by atoms with E-state index in [9.17, 15) is 4.79 Å². The second-order valence-electron chi connectivity index (χ2n) is 5.12. The Balaban J connectivity index is 2.97. The van der Waals surface area contributed by atoms with Gasteiger partial charge in [0, 0.05) is 0 Å². The maximum atomic E-state index is 11.9. The van der Waals surface area contributed by atoms with Crippen LogP contribution in [0.3, 0.4) is 0 Å². The number of esters is 1. The zero-order valence-corrected chi connectivity index (χ0v) is 11.9. The molecule has 1 aromatic carbocycles. The smallest absolute Gasteiger partial charge is 0.327 e. The zero-order chi connectivity index (χ0) is 13.7. The molecule has 18 heavy (non-hydrogen) atoms. The summed E-state index contributed by atoms with van der Waals surface area (Å²) in [6.07, 6.45) is 0. The van der Waals surface area contributed by atoms with Crippen LogP contribution in [0.15, 0.2) is 18.2 Å². The van der Waals surface area contributed by atoms with Crippen molar-refractivity contribution in [2.45, 2.75) is 33.7 Å². The van der Waals surface area contributed by atoms with Crippen LogP contribution in [0, 0.1) is 19.8 Å². The quantitative estimate of drug-likeness (QED) is 0.815. The second kappa shape index (κ2) is 6.55. The van der Waals surface area contributed by atoms with Crippen molar-refractivity contribution in [2.75, 3.05) is 13.7 Å². The fourth-order valence-electron chi connectivity index (χ4n) is 1.94. The molecule has 3 nitrogen and oxygen atoms in total. The first kappa shape index (κ1) is 14.7. The van der Waals surface area contributed by atoms with Gasteiger partial charge in [-0.15, -0.1) is 0 Å². The Labute approximate surface area is 110 Å². The van der Waals surface area contributed by atoms with Crippen molar-refractivity contribution >= 4 is 5.97 Å². The molecule has 1 rings (SSSR count). The van der Waals surface area contributed by atoms with Crippen LogP contribution in [0.1, 0.15) is 36.6 Å². The standard InChI is InChI=1S/C15H23NO2/c1-10(2)9-16-14(15(17)18-5)13-7-6-11(3)8-12(13)4/h6-8,10,14,16H,9H2,1-5H3. The molecule has 0 heterocycles. The largest absolute Gasteiger partial charge is 0.468 e. The van der Waals surface area contributed by atoms with E-state index in [4.69, 9.17) is 4.74 Å². The maximum Gasteiger partial charge on any atom is 0.327 e. The lowest BCUT2D eigenvalue weighted by Gasteiger charge is -2.20. The minimum Gasteiger partial charge on any atom is -0.468 e. The lowest BCUT2D eigenvalue weighted by Crippen LogP contribution is -2.32. The Morgan fingerprint density at radius 3 is 2.50 bits per heavy atom. The number of rotatable bonds is 5. The van der Waals surface area contributed by atoms with E-state index < -0.39 is 0 Å². The summed E-state index contributed by atoms with van der Waals surface area (Å²) in [5.74, 6) is 0.255. The van der Waals surface area contributed by atoms with E-state index in [1.54, 1.807) is 0 Å². The highest BCUT2D eigenvalue weighted by molar-refractivity contribution is 5.78. The molecule has 0 aliphatic rings. The van der Waals surface area contributed by atoms with Gasteiger partial charge in [0.2, 0.25) is 0 Å². The molecule has 100 valence electrons. The van der Waals surface area contributed by atoms with Crippen LogP contribution in [-0.4, -0.2) is 19.6 Å². The van der Waals surface area contributed by atoms with Gasteiger partial charge >= 0.3 is 5.97 Å². The Kier molecular flexibility index (Phi) is 5.35. The van der Waals surface area contributed by atoms with Crippen LogP contribution < -0.4 is 5.32 Å². The van der Waals surface area contributed by atoms with Gasteiger partial charge in [-0.1, -0.05) is 37.6 Å². The SMILES string of the molecule is COC(=O)C(NCC(C)C)c1ccc(C)cc1C. The lowest BCUT2D eigenvalue weighted by atomic mass is 9.99. The van der Waals surface area contributed by atoms with Gasteiger partial charge in [-0.25, -0.2) is 4.79 Å². The molecule has 0 saturated carbocycles. The zero-order valence-electron chi connectivity index (χ0n) is 11.9. The number of benzene rings is 1. The van der Waals surface area contributed by atoms with E-state index in [1.807, 2.05) is 26.0 Å². The van der Waals surface area contributed by atoms with E-state index in [1.165, 1.54) is 12.7 Å². The molecule has 3 heteroatoms. The Morgan fingerprint density at radius 1 is 1.33 bits per heavy atom. The molecule has 0 aromatic heterocycles. The van der Waals surface area contributed by atoms with Gasteiger partial charge in [0.05, 0.1) is 7.11 Å². The summed E-state index contributed by atoms with van der Waals surface area (Å²) >= 11 is 0. The highest BCUT2D eigenvalue weighted by atomic mass is 16.5. The van der Waals surface area contributed by atoms with Gasteiger partial charge in [-0.3, -0.25) is 0 Å². The molecule has 0 spiro atoms. The molecular formula is C15H23NO2. The monoisotopic (exact) mass is 249 g/mol. The van der Waals surface area contributed by atoms with Gasteiger partial charge in [-0.05, 0) is 37.4 Å². The number of nitrogens with one attached hydrogen (secondary N) is 1. The molecule has 1 atom stereocenters. The predicted molar refractivity (Wildman–Crippen MR) is 73.5 cm³/mol. The third-order valence-corrected chi connectivity index (χ3v) is 2.90. The summed E-state index contributed by atoms with van der Waals surface area (Å²) in [5, 5.41) is 3.27.